The van der Waals surface area contributed by atoms with Gasteiger partial charge in [0.15, 0.2) is 0 Å². The normalized spacial score (nSPS) is 16.8. The van der Waals surface area contributed by atoms with Gasteiger partial charge in [0.25, 0.3) is 16.5 Å². The number of anilines is 2. The molecular formula is C31H36ClN5O4S. The highest BCUT2D eigenvalue weighted by molar-refractivity contribution is 7.92. The van der Waals surface area contributed by atoms with Crippen LogP contribution in [0.5, 0.6) is 0 Å². The molecule has 1 aromatic heterocycles. The molecule has 0 radical (unpaired) electrons. The number of nitrogens with one attached hydrogen (secondary N) is 2. The molecule has 42 heavy (non-hydrogen) atoms. The maximum absolute atomic E-state index is 13.0. The van der Waals surface area contributed by atoms with E-state index < -0.39 is 10.0 Å². The lowest BCUT2D eigenvalue weighted by Gasteiger charge is -2.26. The molecule has 0 bridgehead atoms. The summed E-state index contributed by atoms with van der Waals surface area (Å²) in [6.45, 7) is 5.80. The standard InChI is InChI=1S/C30H34ClN5O2S.CH2O2/c1-4-20-15-21(16-22-17-33-30(35-29(20)22)34-24-11-9-23(32)10-12-24)25-13-14-27(19(3)18(25)2)36-39(37,38)28-8-6-5-7-26(28)31;2-1-3/h5-8,13-17,23-24,36H,4,9-12,32H2,1-3H3,(H,33,34,35);1H,(H,2,3). The second-order valence-corrected chi connectivity index (χ2v) is 12.5. The average Bonchev–Trinajstić information content (AvgIpc) is 2.97. The van der Waals surface area contributed by atoms with Crippen LogP contribution in [0.1, 0.15) is 49.3 Å². The van der Waals surface area contributed by atoms with E-state index in [-0.39, 0.29) is 16.4 Å². The van der Waals surface area contributed by atoms with Crippen LogP contribution in [0.4, 0.5) is 11.6 Å². The van der Waals surface area contributed by atoms with Gasteiger partial charge in [-0.25, -0.2) is 18.4 Å². The number of benzene rings is 3. The van der Waals surface area contributed by atoms with Crippen molar-refractivity contribution in [1.82, 2.24) is 9.97 Å². The fourth-order valence-electron chi connectivity index (χ4n) is 5.27. The van der Waals surface area contributed by atoms with Gasteiger partial charge in [0.05, 0.1) is 16.2 Å². The molecule has 1 heterocycles. The van der Waals surface area contributed by atoms with E-state index in [1.54, 1.807) is 18.2 Å². The molecule has 9 nitrogen and oxygen atoms in total. The third-order valence-corrected chi connectivity index (χ3v) is 9.58. The van der Waals surface area contributed by atoms with Gasteiger partial charge in [0, 0.05) is 23.7 Å². The molecule has 0 aliphatic heterocycles. The van der Waals surface area contributed by atoms with E-state index in [1.165, 1.54) is 6.07 Å². The molecule has 222 valence electrons. The number of fused-ring (bicyclic) bond motifs is 1. The minimum atomic E-state index is -3.83. The summed E-state index contributed by atoms with van der Waals surface area (Å²) in [6, 6.07) is 15.1. The van der Waals surface area contributed by atoms with Crippen LogP contribution in [-0.2, 0) is 21.2 Å². The van der Waals surface area contributed by atoms with Gasteiger partial charge in [0.2, 0.25) is 5.95 Å². The van der Waals surface area contributed by atoms with Crippen molar-refractivity contribution in [3.63, 3.8) is 0 Å². The molecule has 0 unspecified atom stereocenters. The van der Waals surface area contributed by atoms with Gasteiger partial charge < -0.3 is 16.2 Å². The van der Waals surface area contributed by atoms with E-state index in [9.17, 15) is 8.42 Å². The second kappa shape index (κ2) is 13.5. The van der Waals surface area contributed by atoms with Gasteiger partial charge in [-0.15, -0.1) is 0 Å². The van der Waals surface area contributed by atoms with Gasteiger partial charge in [-0.3, -0.25) is 9.52 Å². The highest BCUT2D eigenvalue weighted by Gasteiger charge is 2.21. The number of hydrogen-bond acceptors (Lipinski definition) is 7. The Morgan fingerprint density at radius 1 is 1.07 bits per heavy atom. The lowest BCUT2D eigenvalue weighted by Crippen LogP contribution is -2.33. The fourth-order valence-corrected chi connectivity index (χ4v) is 6.91. The van der Waals surface area contributed by atoms with Crippen molar-refractivity contribution in [1.29, 1.82) is 0 Å². The number of carbonyl (C=O) groups is 1. The number of sulfonamides is 1. The van der Waals surface area contributed by atoms with Gasteiger partial charge in [0.1, 0.15) is 4.90 Å². The number of nitrogens with zero attached hydrogens (tertiary/aromatic N) is 2. The molecule has 0 atom stereocenters. The molecule has 0 spiro atoms. The van der Waals surface area contributed by atoms with Crippen molar-refractivity contribution in [3.05, 3.63) is 76.4 Å². The van der Waals surface area contributed by atoms with Gasteiger partial charge in [-0.2, -0.15) is 0 Å². The third kappa shape index (κ3) is 7.00. The summed E-state index contributed by atoms with van der Waals surface area (Å²) in [4.78, 5) is 17.9. The molecule has 4 aromatic rings. The van der Waals surface area contributed by atoms with Crippen molar-refractivity contribution in [2.45, 2.75) is 69.9 Å². The Labute approximate surface area is 251 Å². The van der Waals surface area contributed by atoms with Crippen LogP contribution < -0.4 is 15.8 Å². The summed E-state index contributed by atoms with van der Waals surface area (Å²) in [5.41, 5.74) is 12.6. The van der Waals surface area contributed by atoms with Gasteiger partial charge in [-0.05, 0) is 104 Å². The van der Waals surface area contributed by atoms with Crippen molar-refractivity contribution in [2.24, 2.45) is 5.73 Å². The Hall–Kier alpha value is -3.73. The molecule has 1 aliphatic rings. The second-order valence-electron chi connectivity index (χ2n) is 10.4. The zero-order valence-corrected chi connectivity index (χ0v) is 25.5. The number of hydrogen-bond donors (Lipinski definition) is 4. The molecule has 3 aromatic carbocycles. The molecule has 1 fully saturated rings. The lowest BCUT2D eigenvalue weighted by molar-refractivity contribution is -0.122. The number of aryl methyl sites for hydroxylation is 1. The largest absolute Gasteiger partial charge is 0.483 e. The quantitative estimate of drug-likeness (QED) is 0.178. The number of nitrogens with two attached hydrogens (primary N) is 1. The number of halogens is 1. The predicted molar refractivity (Wildman–Crippen MR) is 169 cm³/mol. The van der Waals surface area contributed by atoms with E-state index in [0.29, 0.717) is 23.7 Å². The van der Waals surface area contributed by atoms with Crippen LogP contribution in [0.3, 0.4) is 0 Å². The monoisotopic (exact) mass is 609 g/mol. The molecule has 1 aliphatic carbocycles. The first kappa shape index (κ1) is 31.2. The van der Waals surface area contributed by atoms with Gasteiger partial charge >= 0.3 is 0 Å². The smallest absolute Gasteiger partial charge is 0.290 e. The first-order valence-electron chi connectivity index (χ1n) is 13.9. The van der Waals surface area contributed by atoms with Crippen molar-refractivity contribution in [3.8, 4) is 11.1 Å². The molecule has 1 saturated carbocycles. The minimum absolute atomic E-state index is 0.0517. The van der Waals surface area contributed by atoms with Crippen LogP contribution in [-0.4, -0.2) is 42.0 Å². The summed E-state index contributed by atoms with van der Waals surface area (Å²) in [7, 11) is -3.83. The maximum Gasteiger partial charge on any atom is 0.290 e. The van der Waals surface area contributed by atoms with E-state index in [1.807, 2.05) is 32.2 Å². The summed E-state index contributed by atoms with van der Waals surface area (Å²) < 4.78 is 28.7. The Morgan fingerprint density at radius 2 is 1.76 bits per heavy atom. The Morgan fingerprint density at radius 3 is 2.43 bits per heavy atom. The summed E-state index contributed by atoms with van der Waals surface area (Å²) in [6.07, 6.45) is 6.82. The van der Waals surface area contributed by atoms with Gasteiger partial charge in [-0.1, -0.05) is 36.7 Å². The SMILES string of the molecule is CCc1cc(-c2ccc(NS(=O)(=O)c3ccccc3Cl)c(C)c2C)cc2cnc(NC3CCC(N)CC3)nc12.O=CO. The van der Waals surface area contributed by atoms with E-state index in [2.05, 4.69) is 34.1 Å². The van der Waals surface area contributed by atoms with Crippen molar-refractivity contribution >= 4 is 50.6 Å². The van der Waals surface area contributed by atoms with E-state index >= 15 is 0 Å². The summed E-state index contributed by atoms with van der Waals surface area (Å²) in [5, 5.41) is 11.6. The van der Waals surface area contributed by atoms with Crippen LogP contribution in [0.2, 0.25) is 5.02 Å². The number of carboxylic acid groups (broad SMARTS) is 1. The molecule has 5 N–H and O–H groups in total. The first-order valence-corrected chi connectivity index (χ1v) is 15.7. The number of rotatable bonds is 7. The maximum atomic E-state index is 13.0. The zero-order valence-electron chi connectivity index (χ0n) is 23.9. The molecule has 0 saturated heterocycles. The number of aromatic nitrogens is 2. The van der Waals surface area contributed by atoms with Crippen LogP contribution in [0.15, 0.2) is 59.6 Å². The Balaban J connectivity index is 0.00000129. The molecule has 5 rings (SSSR count). The zero-order chi connectivity index (χ0) is 30.4. The topological polar surface area (TPSA) is 147 Å². The average molecular weight is 610 g/mol. The molecular weight excluding hydrogens is 574 g/mol. The fraction of sp³-hybridized carbons (Fsp3) is 0.323. The predicted octanol–water partition coefficient (Wildman–Crippen LogP) is 6.31. The first-order chi connectivity index (χ1) is 20.1. The Kier molecular flexibility index (Phi) is 10.0. The van der Waals surface area contributed by atoms with Crippen LogP contribution in [0, 0.1) is 13.8 Å². The van der Waals surface area contributed by atoms with Crippen molar-refractivity contribution < 1.29 is 18.3 Å². The van der Waals surface area contributed by atoms with Crippen LogP contribution >= 0.6 is 11.6 Å². The molecule has 0 amide bonds. The van der Waals surface area contributed by atoms with E-state index in [4.69, 9.17) is 32.2 Å². The third-order valence-electron chi connectivity index (χ3n) is 7.72. The highest BCUT2D eigenvalue weighted by atomic mass is 35.5. The summed E-state index contributed by atoms with van der Waals surface area (Å²) in [5.74, 6) is 0.660. The Bertz CT molecular complexity index is 1690. The van der Waals surface area contributed by atoms with Crippen LogP contribution in [0.25, 0.3) is 22.0 Å². The minimum Gasteiger partial charge on any atom is -0.483 e. The molecule has 11 heteroatoms. The van der Waals surface area contributed by atoms with E-state index in [0.717, 1.165) is 70.8 Å². The highest BCUT2D eigenvalue weighted by Crippen LogP contribution is 2.34. The summed E-state index contributed by atoms with van der Waals surface area (Å²) >= 11 is 6.15. The van der Waals surface area contributed by atoms with Crippen molar-refractivity contribution in [2.75, 3.05) is 10.0 Å². The lowest BCUT2D eigenvalue weighted by atomic mass is 9.92.